The Morgan fingerprint density at radius 2 is 1.91 bits per heavy atom. The number of fused-ring (bicyclic) bond motifs is 2. The summed E-state index contributed by atoms with van der Waals surface area (Å²) in [6.45, 7) is 4.85. The van der Waals surface area contributed by atoms with Crippen molar-refractivity contribution in [2.24, 2.45) is 12.5 Å². The van der Waals surface area contributed by atoms with Gasteiger partial charge < -0.3 is 19.9 Å². The number of phenols is 1. The number of halogens is 1. The third kappa shape index (κ3) is 3.40. The van der Waals surface area contributed by atoms with Gasteiger partial charge in [-0.2, -0.15) is 0 Å². The molecule has 5 rings (SSSR count). The Morgan fingerprint density at radius 1 is 1.15 bits per heavy atom. The minimum absolute atomic E-state index is 0.0482. The van der Waals surface area contributed by atoms with Crippen LogP contribution in [0.25, 0.3) is 22.4 Å². The van der Waals surface area contributed by atoms with Gasteiger partial charge in [0.15, 0.2) is 5.82 Å². The first kappa shape index (κ1) is 21.6. The Hall–Kier alpha value is -3.26. The highest BCUT2D eigenvalue weighted by molar-refractivity contribution is 5.74. The summed E-state index contributed by atoms with van der Waals surface area (Å²) in [6, 6.07) is 11.9. The summed E-state index contributed by atoms with van der Waals surface area (Å²) in [5.74, 6) is 0.645. The van der Waals surface area contributed by atoms with Crippen LogP contribution in [-0.2, 0) is 7.05 Å². The standard InChI is InChI=1S/C25H28FN5O2/c1-24-13-25(2,27-14-24)22(26)23(24)31(4)20-8-7-18(28-29-20)17-6-5-15(11-19(17)32)16-9-10-30(3)21(33)12-16/h5-12,22-23,27,32H,13-14H2,1-4H3/t22-,23-,24+,25+/m0/s1. The molecule has 0 amide bonds. The number of nitrogens with zero attached hydrogens (tertiary/aromatic N) is 4. The van der Waals surface area contributed by atoms with Crippen molar-refractivity contribution >= 4 is 5.82 Å². The summed E-state index contributed by atoms with van der Waals surface area (Å²) < 4.78 is 16.8. The summed E-state index contributed by atoms with van der Waals surface area (Å²) in [4.78, 5) is 13.8. The lowest BCUT2D eigenvalue weighted by molar-refractivity contribution is 0.140. The second-order valence-electron chi connectivity index (χ2n) is 9.93. The van der Waals surface area contributed by atoms with Crippen LogP contribution in [0.1, 0.15) is 20.3 Å². The minimum Gasteiger partial charge on any atom is -0.507 e. The zero-order valence-electron chi connectivity index (χ0n) is 19.2. The largest absolute Gasteiger partial charge is 0.507 e. The predicted octanol–water partition coefficient (Wildman–Crippen LogP) is 3.13. The fourth-order valence-electron chi connectivity index (χ4n) is 5.59. The molecule has 0 unspecified atom stereocenters. The summed E-state index contributed by atoms with van der Waals surface area (Å²) in [7, 11) is 3.56. The van der Waals surface area contributed by atoms with E-state index in [1.54, 1.807) is 31.4 Å². The van der Waals surface area contributed by atoms with E-state index in [1.807, 2.05) is 37.1 Å². The van der Waals surface area contributed by atoms with Crippen LogP contribution in [0, 0.1) is 5.41 Å². The van der Waals surface area contributed by atoms with Crippen LogP contribution in [0.4, 0.5) is 10.2 Å². The molecule has 33 heavy (non-hydrogen) atoms. The average molecular weight is 450 g/mol. The van der Waals surface area contributed by atoms with Gasteiger partial charge in [0.1, 0.15) is 11.9 Å². The first-order valence-electron chi connectivity index (χ1n) is 11.1. The quantitative estimate of drug-likeness (QED) is 0.637. The van der Waals surface area contributed by atoms with Crippen molar-refractivity contribution in [1.29, 1.82) is 0 Å². The van der Waals surface area contributed by atoms with E-state index >= 15 is 4.39 Å². The first-order chi connectivity index (χ1) is 15.6. The molecule has 3 aromatic rings. The van der Waals surface area contributed by atoms with E-state index in [1.165, 1.54) is 10.6 Å². The lowest BCUT2D eigenvalue weighted by Crippen LogP contribution is -2.59. The van der Waals surface area contributed by atoms with Gasteiger partial charge in [-0.05, 0) is 54.8 Å². The van der Waals surface area contributed by atoms with Crippen molar-refractivity contribution < 1.29 is 9.50 Å². The molecular formula is C25H28FN5O2. The molecule has 1 aliphatic heterocycles. The number of hydrogen-bond acceptors (Lipinski definition) is 6. The maximum absolute atomic E-state index is 15.3. The smallest absolute Gasteiger partial charge is 0.250 e. The highest BCUT2D eigenvalue weighted by Crippen LogP contribution is 2.52. The topological polar surface area (TPSA) is 83.3 Å². The molecule has 3 heterocycles. The number of aryl methyl sites for hydroxylation is 1. The number of pyridine rings is 1. The molecule has 4 atom stereocenters. The van der Waals surface area contributed by atoms with Crippen LogP contribution in [0.2, 0.25) is 0 Å². The molecule has 2 N–H and O–H groups in total. The van der Waals surface area contributed by atoms with Crippen molar-refractivity contribution in [3.8, 4) is 28.1 Å². The van der Waals surface area contributed by atoms with Gasteiger partial charge in [0.25, 0.3) is 5.56 Å². The molecule has 0 radical (unpaired) electrons. The van der Waals surface area contributed by atoms with Gasteiger partial charge in [-0.25, -0.2) is 4.39 Å². The van der Waals surface area contributed by atoms with E-state index in [2.05, 4.69) is 22.4 Å². The third-order valence-electron chi connectivity index (χ3n) is 7.41. The van der Waals surface area contributed by atoms with Crippen LogP contribution in [0.3, 0.4) is 0 Å². The van der Waals surface area contributed by atoms with Gasteiger partial charge in [-0.3, -0.25) is 4.79 Å². The number of alkyl halides is 1. The number of rotatable bonds is 4. The van der Waals surface area contributed by atoms with Gasteiger partial charge in [0, 0.05) is 49.4 Å². The van der Waals surface area contributed by atoms with Crippen LogP contribution in [-0.4, -0.2) is 51.2 Å². The number of nitrogens with one attached hydrogen (secondary N) is 1. The average Bonchev–Trinajstić information content (AvgIpc) is 3.21. The first-order valence-corrected chi connectivity index (χ1v) is 11.1. The van der Waals surface area contributed by atoms with Crippen molar-refractivity contribution in [3.63, 3.8) is 0 Å². The molecule has 1 aromatic carbocycles. The summed E-state index contributed by atoms with van der Waals surface area (Å²) in [5, 5.41) is 22.6. The molecule has 1 saturated carbocycles. The van der Waals surface area contributed by atoms with Gasteiger partial charge in [0.05, 0.1) is 11.7 Å². The third-order valence-corrected chi connectivity index (χ3v) is 7.41. The SMILES string of the molecule is CN(c1ccc(-c2ccc(-c3ccn(C)c(=O)c3)cc2O)nn1)[C@H]1[C@H](F)[C@@]2(C)C[C@]1(C)CN2. The van der Waals surface area contributed by atoms with E-state index in [-0.39, 0.29) is 22.8 Å². The van der Waals surface area contributed by atoms with Crippen molar-refractivity contribution in [3.05, 3.63) is 59.0 Å². The summed E-state index contributed by atoms with van der Waals surface area (Å²) in [6.07, 6.45) is 1.47. The number of aromatic hydroxyl groups is 1. The van der Waals surface area contributed by atoms with Gasteiger partial charge in [0.2, 0.25) is 0 Å². The van der Waals surface area contributed by atoms with Crippen molar-refractivity contribution in [2.45, 2.75) is 38.0 Å². The molecule has 0 spiro atoms. The second-order valence-corrected chi connectivity index (χ2v) is 9.93. The monoisotopic (exact) mass is 449 g/mol. The number of benzene rings is 1. The molecule has 2 aliphatic rings. The Bertz CT molecular complexity index is 1280. The molecule has 2 aromatic heterocycles. The fraction of sp³-hybridized carbons (Fsp3) is 0.400. The Labute approximate surface area is 191 Å². The Balaban J connectivity index is 1.40. The summed E-state index contributed by atoms with van der Waals surface area (Å²) in [5.41, 5.74) is 1.73. The van der Waals surface area contributed by atoms with Crippen molar-refractivity contribution in [2.75, 3.05) is 18.5 Å². The van der Waals surface area contributed by atoms with Gasteiger partial charge in [-0.15, -0.1) is 10.2 Å². The molecule has 8 heteroatoms. The Kier molecular flexibility index (Phi) is 4.83. The van der Waals surface area contributed by atoms with Crippen LogP contribution in [0.5, 0.6) is 5.75 Å². The molecule has 1 saturated heterocycles. The highest BCUT2D eigenvalue weighted by atomic mass is 19.1. The van der Waals surface area contributed by atoms with E-state index in [9.17, 15) is 9.90 Å². The number of anilines is 1. The zero-order valence-corrected chi connectivity index (χ0v) is 19.2. The van der Waals surface area contributed by atoms with E-state index in [4.69, 9.17) is 0 Å². The highest BCUT2D eigenvalue weighted by Gasteiger charge is 2.63. The van der Waals surface area contributed by atoms with E-state index in [0.29, 0.717) is 17.1 Å². The normalized spacial score (nSPS) is 28.3. The number of piperidine rings is 1. The van der Waals surface area contributed by atoms with Crippen LogP contribution in [0.15, 0.2) is 53.5 Å². The molecule has 2 bridgehead atoms. The Morgan fingerprint density at radius 3 is 2.52 bits per heavy atom. The molecule has 7 nitrogen and oxygen atoms in total. The molecule has 172 valence electrons. The number of phenolic OH excluding ortho intramolecular Hbond substituents is 1. The van der Waals surface area contributed by atoms with Gasteiger partial charge >= 0.3 is 0 Å². The van der Waals surface area contributed by atoms with Gasteiger partial charge in [-0.1, -0.05) is 13.0 Å². The van der Waals surface area contributed by atoms with Crippen LogP contribution >= 0.6 is 0 Å². The van der Waals surface area contributed by atoms with E-state index < -0.39 is 11.7 Å². The molecular weight excluding hydrogens is 421 g/mol. The lowest BCUT2D eigenvalue weighted by atomic mass is 9.84. The number of aromatic nitrogens is 3. The predicted molar refractivity (Wildman–Crippen MR) is 126 cm³/mol. The van der Waals surface area contributed by atoms with Crippen molar-refractivity contribution in [1.82, 2.24) is 20.1 Å². The minimum atomic E-state index is -1.01. The maximum atomic E-state index is 15.3. The maximum Gasteiger partial charge on any atom is 0.250 e. The summed E-state index contributed by atoms with van der Waals surface area (Å²) >= 11 is 0. The zero-order chi connectivity index (χ0) is 23.5. The van der Waals surface area contributed by atoms with E-state index in [0.717, 1.165) is 24.1 Å². The fourth-order valence-corrected chi connectivity index (χ4v) is 5.59. The number of hydrogen-bond donors (Lipinski definition) is 2. The lowest BCUT2D eigenvalue weighted by Gasteiger charge is -2.42. The second kappa shape index (κ2) is 7.38. The van der Waals surface area contributed by atoms with Crippen LogP contribution < -0.4 is 15.8 Å². The molecule has 2 fully saturated rings. The molecule has 1 aliphatic carbocycles.